The van der Waals surface area contributed by atoms with E-state index in [1.54, 1.807) is 12.1 Å². The summed E-state index contributed by atoms with van der Waals surface area (Å²) >= 11 is 0. The van der Waals surface area contributed by atoms with Crippen LogP contribution in [0.5, 0.6) is 0 Å². The second-order valence-corrected chi connectivity index (χ2v) is 8.43. The van der Waals surface area contributed by atoms with Crippen LogP contribution < -0.4 is 0 Å². The van der Waals surface area contributed by atoms with E-state index in [9.17, 15) is 14.9 Å². The highest BCUT2D eigenvalue weighted by molar-refractivity contribution is 5.76. The normalized spacial score (nSPS) is 14.2. The van der Waals surface area contributed by atoms with E-state index in [4.69, 9.17) is 4.52 Å². The van der Waals surface area contributed by atoms with Crippen LogP contribution in [0.15, 0.2) is 59.1 Å². The van der Waals surface area contributed by atoms with Gasteiger partial charge in [0, 0.05) is 43.1 Å². The molecule has 4 rings (SSSR count). The van der Waals surface area contributed by atoms with Crippen LogP contribution in [-0.4, -0.2) is 38.5 Å². The Hall–Kier alpha value is -3.55. The molecule has 1 aliphatic rings. The molecule has 1 amide bonds. The monoisotopic (exact) mass is 448 g/mol. The molecule has 0 unspecified atom stereocenters. The van der Waals surface area contributed by atoms with Crippen LogP contribution in [-0.2, 0) is 17.6 Å². The van der Waals surface area contributed by atoms with Crippen LogP contribution in [0.3, 0.4) is 0 Å². The summed E-state index contributed by atoms with van der Waals surface area (Å²) in [5, 5.41) is 14.9. The van der Waals surface area contributed by atoms with Gasteiger partial charge in [-0.15, -0.1) is 0 Å². The first kappa shape index (κ1) is 22.6. The van der Waals surface area contributed by atoms with Crippen molar-refractivity contribution in [2.45, 2.75) is 57.4 Å². The number of nitrogens with zero attached hydrogens (tertiary/aromatic N) is 4. The van der Waals surface area contributed by atoms with Crippen LogP contribution in [0.4, 0.5) is 5.69 Å². The van der Waals surface area contributed by atoms with Gasteiger partial charge in [0.05, 0.1) is 4.92 Å². The summed E-state index contributed by atoms with van der Waals surface area (Å²) in [5.74, 6) is 1.01. The number of hydrogen-bond acceptors (Lipinski definition) is 6. The molecule has 0 aliphatic heterocycles. The highest BCUT2D eigenvalue weighted by Crippen LogP contribution is 2.24. The minimum absolute atomic E-state index is 0.0135. The number of aryl methyl sites for hydroxylation is 1. The third-order valence-electron chi connectivity index (χ3n) is 6.18. The summed E-state index contributed by atoms with van der Waals surface area (Å²) in [4.78, 5) is 30.0. The molecule has 1 fully saturated rings. The number of amides is 1. The number of carbonyl (C=O) groups excluding carboxylic acids is 1. The zero-order chi connectivity index (χ0) is 23.0. The number of nitro benzene ring substituents is 1. The summed E-state index contributed by atoms with van der Waals surface area (Å²) in [6.45, 7) is 0.542. The van der Waals surface area contributed by atoms with Crippen LogP contribution >= 0.6 is 0 Å². The molecule has 8 heteroatoms. The molecular formula is C25H28N4O4. The lowest BCUT2D eigenvalue weighted by molar-refractivity contribution is -0.384. The topological polar surface area (TPSA) is 102 Å². The van der Waals surface area contributed by atoms with Crippen LogP contribution in [0.2, 0.25) is 0 Å². The molecule has 0 atom stereocenters. The maximum atomic E-state index is 13.2. The Kier molecular flexibility index (Phi) is 7.44. The number of carbonyl (C=O) groups is 1. The number of rotatable bonds is 9. The van der Waals surface area contributed by atoms with Crippen molar-refractivity contribution in [2.24, 2.45) is 0 Å². The van der Waals surface area contributed by atoms with Gasteiger partial charge >= 0.3 is 0 Å². The highest BCUT2D eigenvalue weighted by atomic mass is 16.6. The summed E-state index contributed by atoms with van der Waals surface area (Å²) < 4.78 is 5.41. The van der Waals surface area contributed by atoms with E-state index in [-0.39, 0.29) is 17.6 Å². The second kappa shape index (κ2) is 10.8. The van der Waals surface area contributed by atoms with E-state index >= 15 is 0 Å². The van der Waals surface area contributed by atoms with Crippen molar-refractivity contribution in [1.29, 1.82) is 0 Å². The quantitative estimate of drug-likeness (QED) is 0.338. The first-order chi connectivity index (χ1) is 16.1. The average Bonchev–Trinajstić information content (AvgIpc) is 3.33. The van der Waals surface area contributed by atoms with Crippen molar-refractivity contribution in [3.05, 3.63) is 76.2 Å². The number of non-ortho nitro benzene ring substituents is 1. The smallest absolute Gasteiger partial charge is 0.269 e. The Bertz CT molecular complexity index is 1060. The molecule has 0 radical (unpaired) electrons. The lowest BCUT2D eigenvalue weighted by Crippen LogP contribution is -2.42. The van der Waals surface area contributed by atoms with Crippen LogP contribution in [0.25, 0.3) is 11.4 Å². The molecule has 1 aromatic heterocycles. The van der Waals surface area contributed by atoms with Gasteiger partial charge in [0.15, 0.2) is 0 Å². The van der Waals surface area contributed by atoms with E-state index < -0.39 is 4.92 Å². The van der Waals surface area contributed by atoms with E-state index in [2.05, 4.69) is 22.3 Å². The van der Waals surface area contributed by atoms with Gasteiger partial charge in [-0.05, 0) is 37.0 Å². The Balaban J connectivity index is 1.40. The maximum Gasteiger partial charge on any atom is 0.269 e. The van der Waals surface area contributed by atoms with Crippen molar-refractivity contribution in [1.82, 2.24) is 15.0 Å². The maximum absolute atomic E-state index is 13.2. The molecule has 3 aromatic rings. The fourth-order valence-corrected chi connectivity index (χ4v) is 4.37. The minimum Gasteiger partial charge on any atom is -0.339 e. The Morgan fingerprint density at radius 3 is 2.45 bits per heavy atom. The molecular weight excluding hydrogens is 420 g/mol. The second-order valence-electron chi connectivity index (χ2n) is 8.43. The average molecular weight is 449 g/mol. The van der Waals surface area contributed by atoms with Crippen LogP contribution in [0, 0.1) is 10.1 Å². The van der Waals surface area contributed by atoms with E-state index in [1.165, 1.54) is 24.1 Å². The van der Waals surface area contributed by atoms with Gasteiger partial charge in [-0.2, -0.15) is 4.98 Å². The van der Waals surface area contributed by atoms with Crippen molar-refractivity contribution < 1.29 is 14.2 Å². The van der Waals surface area contributed by atoms with Crippen molar-refractivity contribution in [3.63, 3.8) is 0 Å². The third kappa shape index (κ3) is 6.03. The summed E-state index contributed by atoms with van der Waals surface area (Å²) in [6, 6.07) is 16.4. The minimum atomic E-state index is -0.444. The molecule has 0 N–H and O–H groups in total. The number of nitro groups is 1. The third-order valence-corrected chi connectivity index (χ3v) is 6.18. The number of hydrogen-bond donors (Lipinski definition) is 0. The Labute approximate surface area is 192 Å². The summed E-state index contributed by atoms with van der Waals surface area (Å²) in [7, 11) is 0. The Morgan fingerprint density at radius 2 is 1.76 bits per heavy atom. The number of benzene rings is 2. The van der Waals surface area contributed by atoms with Gasteiger partial charge in [0.1, 0.15) is 0 Å². The molecule has 0 spiro atoms. The molecule has 1 saturated carbocycles. The molecule has 172 valence electrons. The zero-order valence-corrected chi connectivity index (χ0v) is 18.6. The van der Waals surface area contributed by atoms with Gasteiger partial charge in [-0.1, -0.05) is 54.8 Å². The van der Waals surface area contributed by atoms with E-state index in [0.717, 1.165) is 32.1 Å². The van der Waals surface area contributed by atoms with E-state index in [0.29, 0.717) is 36.7 Å². The lowest BCUT2D eigenvalue weighted by Gasteiger charge is -2.34. The Morgan fingerprint density at radius 1 is 1.03 bits per heavy atom. The standard InChI is InChI=1S/C25H28N4O4/c30-24(16-11-19-7-3-1-4-8-19)28(21-9-5-2-6-10-21)18-17-23-26-25(27-33-23)20-12-14-22(15-13-20)29(31)32/h1,3-4,7-8,12-15,21H,2,5-6,9-11,16-18H2. The molecule has 8 nitrogen and oxygen atoms in total. The lowest BCUT2D eigenvalue weighted by atomic mass is 9.93. The fraction of sp³-hybridized carbons (Fsp3) is 0.400. The summed E-state index contributed by atoms with van der Waals surface area (Å²) in [6.07, 6.45) is 7.30. The van der Waals surface area contributed by atoms with Gasteiger partial charge in [-0.25, -0.2) is 0 Å². The fourth-order valence-electron chi connectivity index (χ4n) is 4.37. The van der Waals surface area contributed by atoms with Crippen LogP contribution in [0.1, 0.15) is 50.0 Å². The largest absolute Gasteiger partial charge is 0.339 e. The SMILES string of the molecule is O=C(CCc1ccccc1)N(CCc1nc(-c2ccc([N+](=O)[O-])cc2)no1)C1CCCCC1. The van der Waals surface area contributed by atoms with Crippen molar-refractivity contribution in [3.8, 4) is 11.4 Å². The zero-order valence-electron chi connectivity index (χ0n) is 18.6. The van der Waals surface area contributed by atoms with E-state index in [1.807, 2.05) is 23.1 Å². The molecule has 0 bridgehead atoms. The molecule has 1 aliphatic carbocycles. The highest BCUT2D eigenvalue weighted by Gasteiger charge is 2.25. The first-order valence-electron chi connectivity index (χ1n) is 11.5. The predicted octanol–water partition coefficient (Wildman–Crippen LogP) is 4.98. The molecule has 0 saturated heterocycles. The van der Waals surface area contributed by atoms with Gasteiger partial charge in [0.2, 0.25) is 17.6 Å². The molecule has 2 aromatic carbocycles. The van der Waals surface area contributed by atoms with Gasteiger partial charge in [0.25, 0.3) is 5.69 Å². The van der Waals surface area contributed by atoms with Gasteiger partial charge < -0.3 is 9.42 Å². The van der Waals surface area contributed by atoms with Crippen molar-refractivity contribution in [2.75, 3.05) is 6.54 Å². The first-order valence-corrected chi connectivity index (χ1v) is 11.5. The predicted molar refractivity (Wildman–Crippen MR) is 123 cm³/mol. The molecule has 1 heterocycles. The summed E-state index contributed by atoms with van der Waals surface area (Å²) in [5.41, 5.74) is 1.83. The molecule has 33 heavy (non-hydrogen) atoms. The van der Waals surface area contributed by atoms with Gasteiger partial charge in [-0.3, -0.25) is 14.9 Å². The van der Waals surface area contributed by atoms with Crippen molar-refractivity contribution >= 4 is 11.6 Å². The number of aromatic nitrogens is 2.